The third-order valence-corrected chi connectivity index (χ3v) is 2.57. The van der Waals surface area contributed by atoms with Gasteiger partial charge in [-0.25, -0.2) is 0 Å². The Bertz CT molecular complexity index is 129. The summed E-state index contributed by atoms with van der Waals surface area (Å²) >= 11 is 1.70. The molecule has 0 spiro atoms. The van der Waals surface area contributed by atoms with E-state index in [2.05, 4.69) is 35.5 Å². The molecule has 1 aliphatic heterocycles. The van der Waals surface area contributed by atoms with Gasteiger partial charge in [0.1, 0.15) is 0 Å². The summed E-state index contributed by atoms with van der Waals surface area (Å²) in [7, 11) is 0. The van der Waals surface area contributed by atoms with Crippen LogP contribution in [0.4, 0.5) is 0 Å². The Morgan fingerprint density at radius 3 is 2.58 bits per heavy atom. The molecule has 72 valence electrons. The van der Waals surface area contributed by atoms with Crippen LogP contribution >= 0.6 is 11.9 Å². The van der Waals surface area contributed by atoms with Crippen molar-refractivity contribution in [2.45, 2.75) is 32.0 Å². The minimum absolute atomic E-state index is 0.570. The summed E-state index contributed by atoms with van der Waals surface area (Å²) in [6.45, 7) is 6.53. The van der Waals surface area contributed by atoms with E-state index >= 15 is 0 Å². The molecule has 0 aromatic heterocycles. The SMILES string of the molecule is CSN[C@@H]1CNC[C@H]1NC(C)C. The normalized spacial score (nSPS) is 30.0. The monoisotopic (exact) mass is 189 g/mol. The van der Waals surface area contributed by atoms with Crippen LogP contribution in [0.1, 0.15) is 13.8 Å². The highest BCUT2D eigenvalue weighted by atomic mass is 32.2. The second-order valence-corrected chi connectivity index (χ2v) is 4.16. The molecule has 1 rings (SSSR count). The molecule has 0 unspecified atom stereocenters. The predicted octanol–water partition coefficient (Wildman–Crippen LogP) is 0.192. The highest BCUT2D eigenvalue weighted by molar-refractivity contribution is 7.96. The molecular weight excluding hydrogens is 170 g/mol. The Hall–Kier alpha value is 0.230. The molecule has 4 heteroatoms. The molecule has 1 fully saturated rings. The summed E-state index contributed by atoms with van der Waals surface area (Å²) in [4.78, 5) is 0. The Morgan fingerprint density at radius 1 is 1.33 bits per heavy atom. The van der Waals surface area contributed by atoms with E-state index in [1.165, 1.54) is 0 Å². The van der Waals surface area contributed by atoms with Gasteiger partial charge in [-0.1, -0.05) is 25.8 Å². The number of hydrogen-bond acceptors (Lipinski definition) is 4. The van der Waals surface area contributed by atoms with E-state index in [1.54, 1.807) is 11.9 Å². The summed E-state index contributed by atoms with van der Waals surface area (Å²) in [5, 5.41) is 6.91. The average Bonchev–Trinajstić information content (AvgIpc) is 2.37. The van der Waals surface area contributed by atoms with E-state index in [-0.39, 0.29) is 0 Å². The molecule has 0 amide bonds. The van der Waals surface area contributed by atoms with Gasteiger partial charge in [-0.05, 0) is 6.26 Å². The molecule has 0 aliphatic carbocycles. The molecule has 1 heterocycles. The standard InChI is InChI=1S/C8H19N3S/c1-6(2)10-7-4-9-5-8(7)11-12-3/h6-11H,4-5H2,1-3H3/t7-,8-/m1/s1. The average molecular weight is 189 g/mol. The minimum Gasteiger partial charge on any atom is -0.313 e. The van der Waals surface area contributed by atoms with Crippen LogP contribution in [0.5, 0.6) is 0 Å². The van der Waals surface area contributed by atoms with Crippen molar-refractivity contribution >= 4 is 11.9 Å². The van der Waals surface area contributed by atoms with Gasteiger partial charge in [0, 0.05) is 31.2 Å². The third-order valence-electron chi connectivity index (χ3n) is 2.03. The molecule has 0 aromatic rings. The molecule has 3 nitrogen and oxygen atoms in total. The van der Waals surface area contributed by atoms with Gasteiger partial charge in [0.2, 0.25) is 0 Å². The first-order valence-corrected chi connectivity index (χ1v) is 5.71. The second kappa shape index (κ2) is 5.07. The first-order chi connectivity index (χ1) is 5.74. The fourth-order valence-corrected chi connectivity index (χ4v) is 2.11. The maximum Gasteiger partial charge on any atom is 0.0462 e. The molecule has 2 atom stereocenters. The fourth-order valence-electron chi connectivity index (χ4n) is 1.56. The summed E-state index contributed by atoms with van der Waals surface area (Å²) < 4.78 is 3.39. The Kier molecular flexibility index (Phi) is 4.35. The summed E-state index contributed by atoms with van der Waals surface area (Å²) in [6, 6.07) is 1.72. The van der Waals surface area contributed by atoms with Crippen molar-refractivity contribution < 1.29 is 0 Å². The zero-order chi connectivity index (χ0) is 8.97. The Morgan fingerprint density at radius 2 is 2.00 bits per heavy atom. The van der Waals surface area contributed by atoms with Crippen molar-refractivity contribution in [2.75, 3.05) is 19.3 Å². The van der Waals surface area contributed by atoms with Gasteiger partial charge in [-0.3, -0.25) is 4.72 Å². The Labute approximate surface area is 79.2 Å². The van der Waals surface area contributed by atoms with Crippen LogP contribution in [0.3, 0.4) is 0 Å². The van der Waals surface area contributed by atoms with E-state index in [1.807, 2.05) is 0 Å². The highest BCUT2D eigenvalue weighted by Crippen LogP contribution is 2.03. The van der Waals surface area contributed by atoms with Gasteiger partial charge in [0.25, 0.3) is 0 Å². The molecular formula is C8H19N3S. The van der Waals surface area contributed by atoms with Gasteiger partial charge in [-0.15, -0.1) is 0 Å². The summed E-state index contributed by atoms with van der Waals surface area (Å²) in [5.74, 6) is 0. The van der Waals surface area contributed by atoms with Crippen molar-refractivity contribution in [2.24, 2.45) is 0 Å². The Balaban J connectivity index is 2.30. The van der Waals surface area contributed by atoms with Crippen LogP contribution in [-0.4, -0.2) is 37.5 Å². The van der Waals surface area contributed by atoms with Gasteiger partial charge in [0.15, 0.2) is 0 Å². The molecule has 0 aromatic carbocycles. The molecule has 12 heavy (non-hydrogen) atoms. The number of hydrogen-bond donors (Lipinski definition) is 3. The van der Waals surface area contributed by atoms with Crippen molar-refractivity contribution in [3.05, 3.63) is 0 Å². The lowest BCUT2D eigenvalue weighted by atomic mass is 10.1. The van der Waals surface area contributed by atoms with E-state index in [0.29, 0.717) is 18.1 Å². The van der Waals surface area contributed by atoms with Crippen LogP contribution in [-0.2, 0) is 0 Å². The molecule has 0 saturated carbocycles. The van der Waals surface area contributed by atoms with E-state index in [4.69, 9.17) is 0 Å². The molecule has 0 bridgehead atoms. The molecule has 3 N–H and O–H groups in total. The summed E-state index contributed by atoms with van der Waals surface area (Å²) in [6.07, 6.45) is 2.07. The molecule has 1 aliphatic rings. The van der Waals surface area contributed by atoms with Crippen LogP contribution in [0, 0.1) is 0 Å². The van der Waals surface area contributed by atoms with Gasteiger partial charge in [-0.2, -0.15) is 0 Å². The lowest BCUT2D eigenvalue weighted by Crippen LogP contribution is -2.47. The predicted molar refractivity (Wildman–Crippen MR) is 55.4 cm³/mol. The topological polar surface area (TPSA) is 36.1 Å². The quantitative estimate of drug-likeness (QED) is 0.552. The minimum atomic E-state index is 0.570. The maximum atomic E-state index is 3.54. The van der Waals surface area contributed by atoms with Crippen molar-refractivity contribution in [3.63, 3.8) is 0 Å². The zero-order valence-corrected chi connectivity index (χ0v) is 8.87. The second-order valence-electron chi connectivity index (χ2n) is 3.51. The number of rotatable bonds is 4. The highest BCUT2D eigenvalue weighted by Gasteiger charge is 2.26. The smallest absolute Gasteiger partial charge is 0.0462 e. The largest absolute Gasteiger partial charge is 0.313 e. The fraction of sp³-hybridized carbons (Fsp3) is 1.00. The van der Waals surface area contributed by atoms with Crippen molar-refractivity contribution in [3.8, 4) is 0 Å². The lowest BCUT2D eigenvalue weighted by Gasteiger charge is -2.22. The van der Waals surface area contributed by atoms with E-state index in [9.17, 15) is 0 Å². The third kappa shape index (κ3) is 2.94. The van der Waals surface area contributed by atoms with E-state index in [0.717, 1.165) is 13.1 Å². The number of nitrogens with one attached hydrogen (secondary N) is 3. The first-order valence-electron chi connectivity index (χ1n) is 4.49. The van der Waals surface area contributed by atoms with Gasteiger partial charge < -0.3 is 10.6 Å². The van der Waals surface area contributed by atoms with E-state index < -0.39 is 0 Å². The molecule has 1 saturated heterocycles. The van der Waals surface area contributed by atoms with Crippen LogP contribution in [0.25, 0.3) is 0 Å². The van der Waals surface area contributed by atoms with Crippen LogP contribution in [0.2, 0.25) is 0 Å². The summed E-state index contributed by atoms with van der Waals surface area (Å²) in [5.41, 5.74) is 0. The van der Waals surface area contributed by atoms with Crippen molar-refractivity contribution in [1.82, 2.24) is 15.4 Å². The first kappa shape index (κ1) is 10.3. The van der Waals surface area contributed by atoms with Gasteiger partial charge in [0.05, 0.1) is 0 Å². The zero-order valence-electron chi connectivity index (χ0n) is 8.05. The van der Waals surface area contributed by atoms with Crippen LogP contribution in [0.15, 0.2) is 0 Å². The lowest BCUT2D eigenvalue weighted by molar-refractivity contribution is 0.444. The van der Waals surface area contributed by atoms with Crippen molar-refractivity contribution in [1.29, 1.82) is 0 Å². The maximum absolute atomic E-state index is 3.54. The van der Waals surface area contributed by atoms with Gasteiger partial charge >= 0.3 is 0 Å². The van der Waals surface area contributed by atoms with Crippen LogP contribution < -0.4 is 15.4 Å². The molecule has 0 radical (unpaired) electrons.